The van der Waals surface area contributed by atoms with Gasteiger partial charge >= 0.3 is 0 Å². The van der Waals surface area contributed by atoms with Crippen molar-refractivity contribution in [3.05, 3.63) is 21.7 Å². The third-order valence-electron chi connectivity index (χ3n) is 1.93. The molecule has 0 atom stereocenters. The van der Waals surface area contributed by atoms with Crippen molar-refractivity contribution in [2.24, 2.45) is 0 Å². The molecule has 1 aromatic heterocycles. The fourth-order valence-corrected chi connectivity index (χ4v) is 1.62. The van der Waals surface area contributed by atoms with Crippen molar-refractivity contribution in [2.45, 2.75) is 20.0 Å². The molecule has 0 amide bonds. The van der Waals surface area contributed by atoms with Crippen LogP contribution in [0.5, 0.6) is 0 Å². The Morgan fingerprint density at radius 2 is 2.27 bits per heavy atom. The zero-order valence-electron chi connectivity index (χ0n) is 6.27. The molecule has 2 heterocycles. The Morgan fingerprint density at radius 1 is 1.45 bits per heavy atom. The summed E-state index contributed by atoms with van der Waals surface area (Å²) in [4.78, 5) is 7.25. The van der Waals surface area contributed by atoms with Gasteiger partial charge in [0.1, 0.15) is 0 Å². The molecule has 1 aromatic rings. The summed E-state index contributed by atoms with van der Waals surface area (Å²) < 4.78 is 0.588. The Hall–Kier alpha value is -0.740. The first-order valence-electron chi connectivity index (χ1n) is 3.57. The zero-order chi connectivity index (χ0) is 7.84. The summed E-state index contributed by atoms with van der Waals surface area (Å²) in [6, 6.07) is 0. The number of hydrogen-bond acceptors (Lipinski definition) is 3. The molecule has 3 nitrogen and oxygen atoms in total. The van der Waals surface area contributed by atoms with Crippen LogP contribution in [0.15, 0.2) is 0 Å². The molecule has 11 heavy (non-hydrogen) atoms. The lowest BCUT2D eigenvalue weighted by atomic mass is 10.2. The molecule has 4 heteroatoms. The normalized spacial score (nSPS) is 15.0. The van der Waals surface area contributed by atoms with Gasteiger partial charge in [-0.3, -0.25) is 0 Å². The van der Waals surface area contributed by atoms with Gasteiger partial charge in [0, 0.05) is 24.3 Å². The summed E-state index contributed by atoms with van der Waals surface area (Å²) in [5, 5.41) is 3.23. The first-order valence-corrected chi connectivity index (χ1v) is 3.97. The Morgan fingerprint density at radius 3 is 3.09 bits per heavy atom. The van der Waals surface area contributed by atoms with Crippen molar-refractivity contribution in [3.8, 4) is 0 Å². The molecule has 0 fully saturated rings. The molecule has 0 bridgehead atoms. The zero-order valence-corrected chi connectivity index (χ0v) is 7.09. The second-order valence-corrected chi connectivity index (χ2v) is 3.08. The number of fused-ring (bicyclic) bond motifs is 1. The number of nitrogens with one attached hydrogen (secondary N) is 2. The van der Waals surface area contributed by atoms with Crippen LogP contribution in [-0.4, -0.2) is 9.97 Å². The largest absolute Gasteiger partial charge is 0.334 e. The molecule has 2 rings (SSSR count). The van der Waals surface area contributed by atoms with E-state index in [1.54, 1.807) is 0 Å². The fraction of sp³-hybridized carbons (Fsp3) is 0.429. The van der Waals surface area contributed by atoms with Gasteiger partial charge in [0.15, 0.2) is 4.77 Å². The van der Waals surface area contributed by atoms with E-state index in [0.29, 0.717) is 4.77 Å². The van der Waals surface area contributed by atoms with E-state index in [1.165, 1.54) is 5.56 Å². The molecule has 2 N–H and O–H groups in total. The smallest absolute Gasteiger partial charge is 0.197 e. The van der Waals surface area contributed by atoms with Crippen LogP contribution < -0.4 is 5.32 Å². The van der Waals surface area contributed by atoms with Crippen LogP contribution in [0.4, 0.5) is 0 Å². The highest BCUT2D eigenvalue weighted by Gasteiger charge is 2.13. The first-order chi connectivity index (χ1) is 5.27. The molecule has 0 radical (unpaired) electrons. The molecule has 1 aliphatic heterocycles. The minimum absolute atomic E-state index is 0.588. The first kappa shape index (κ1) is 6.94. The van der Waals surface area contributed by atoms with Gasteiger partial charge in [-0.25, -0.2) is 4.98 Å². The molecule has 0 saturated heterocycles. The van der Waals surface area contributed by atoms with E-state index in [-0.39, 0.29) is 0 Å². The molecular weight excluding hydrogens is 158 g/mol. The van der Waals surface area contributed by atoms with Crippen LogP contribution >= 0.6 is 12.2 Å². The van der Waals surface area contributed by atoms with Crippen molar-refractivity contribution in [3.63, 3.8) is 0 Å². The van der Waals surface area contributed by atoms with E-state index in [1.807, 2.05) is 6.92 Å². The van der Waals surface area contributed by atoms with E-state index in [9.17, 15) is 0 Å². The van der Waals surface area contributed by atoms with Crippen molar-refractivity contribution >= 4 is 12.2 Å². The van der Waals surface area contributed by atoms with E-state index in [2.05, 4.69) is 15.3 Å². The van der Waals surface area contributed by atoms with Gasteiger partial charge in [0.25, 0.3) is 0 Å². The van der Waals surface area contributed by atoms with Crippen LogP contribution in [0.3, 0.4) is 0 Å². The lowest BCUT2D eigenvalue weighted by Crippen LogP contribution is -2.00. The minimum atomic E-state index is 0.588. The molecule has 0 unspecified atom stereocenters. The number of H-pyrrole nitrogens is 1. The maximum Gasteiger partial charge on any atom is 0.197 e. The summed E-state index contributed by atoms with van der Waals surface area (Å²) in [5.74, 6) is 0. The lowest BCUT2D eigenvalue weighted by Gasteiger charge is -1.99. The van der Waals surface area contributed by atoms with Crippen LogP contribution in [0.1, 0.15) is 17.0 Å². The molecule has 0 spiro atoms. The number of aromatic amines is 1. The van der Waals surface area contributed by atoms with Crippen LogP contribution in [0, 0.1) is 11.7 Å². The molecule has 0 saturated carbocycles. The van der Waals surface area contributed by atoms with Crippen molar-refractivity contribution < 1.29 is 0 Å². The standard InChI is InChI=1S/C7H9N3S/c1-4-5-2-8-3-6(5)10-7(11)9-4/h8H,2-3H2,1H3,(H,9,10,11). The van der Waals surface area contributed by atoms with Crippen molar-refractivity contribution in [1.29, 1.82) is 0 Å². The number of aromatic nitrogens is 2. The van der Waals surface area contributed by atoms with Crippen LogP contribution in [0.25, 0.3) is 0 Å². The van der Waals surface area contributed by atoms with E-state index in [4.69, 9.17) is 12.2 Å². The third-order valence-corrected chi connectivity index (χ3v) is 2.12. The van der Waals surface area contributed by atoms with Crippen LogP contribution in [-0.2, 0) is 13.1 Å². The minimum Gasteiger partial charge on any atom is -0.334 e. The molecular formula is C7H9N3S. The Balaban J connectivity index is 2.70. The van der Waals surface area contributed by atoms with Gasteiger partial charge in [0.2, 0.25) is 0 Å². The van der Waals surface area contributed by atoms with Crippen molar-refractivity contribution in [1.82, 2.24) is 15.3 Å². The molecule has 1 aliphatic rings. The monoisotopic (exact) mass is 167 g/mol. The van der Waals surface area contributed by atoms with Gasteiger partial charge in [-0.1, -0.05) is 0 Å². The highest BCUT2D eigenvalue weighted by Crippen LogP contribution is 2.14. The maximum atomic E-state index is 4.95. The van der Waals surface area contributed by atoms with Gasteiger partial charge < -0.3 is 10.3 Å². The van der Waals surface area contributed by atoms with Gasteiger partial charge in [0.05, 0.1) is 5.69 Å². The Bertz CT molecular complexity index is 342. The molecule has 0 aliphatic carbocycles. The number of rotatable bonds is 0. The number of aryl methyl sites for hydroxylation is 1. The second-order valence-electron chi connectivity index (χ2n) is 2.70. The maximum absolute atomic E-state index is 4.95. The van der Waals surface area contributed by atoms with Gasteiger partial charge in [-0.15, -0.1) is 0 Å². The Labute approximate surface area is 69.9 Å². The fourth-order valence-electron chi connectivity index (χ4n) is 1.36. The molecule has 0 aromatic carbocycles. The van der Waals surface area contributed by atoms with E-state index >= 15 is 0 Å². The summed E-state index contributed by atoms with van der Waals surface area (Å²) in [5.41, 5.74) is 3.52. The summed E-state index contributed by atoms with van der Waals surface area (Å²) in [6.45, 7) is 3.80. The summed E-state index contributed by atoms with van der Waals surface area (Å²) in [6.07, 6.45) is 0. The SMILES string of the molecule is Cc1[nH]c(=S)nc2c1CNC2. The number of hydrogen-bond donors (Lipinski definition) is 2. The average Bonchev–Trinajstić information content (AvgIpc) is 2.34. The van der Waals surface area contributed by atoms with Crippen LogP contribution in [0.2, 0.25) is 0 Å². The predicted octanol–water partition coefficient (Wildman–Crippen LogP) is 1.05. The van der Waals surface area contributed by atoms with E-state index < -0.39 is 0 Å². The number of nitrogens with zero attached hydrogens (tertiary/aromatic N) is 1. The highest BCUT2D eigenvalue weighted by atomic mass is 32.1. The quantitative estimate of drug-likeness (QED) is 0.567. The molecule has 58 valence electrons. The summed E-state index contributed by atoms with van der Waals surface area (Å²) >= 11 is 4.95. The van der Waals surface area contributed by atoms with Crippen molar-refractivity contribution in [2.75, 3.05) is 0 Å². The second kappa shape index (κ2) is 2.39. The highest BCUT2D eigenvalue weighted by molar-refractivity contribution is 7.71. The Kier molecular flexibility index (Phi) is 1.51. The van der Waals surface area contributed by atoms with Gasteiger partial charge in [-0.2, -0.15) is 0 Å². The van der Waals surface area contributed by atoms with Gasteiger partial charge in [-0.05, 0) is 19.1 Å². The van der Waals surface area contributed by atoms with E-state index in [0.717, 1.165) is 24.5 Å². The average molecular weight is 167 g/mol. The summed E-state index contributed by atoms with van der Waals surface area (Å²) in [7, 11) is 0. The predicted molar refractivity (Wildman–Crippen MR) is 44.7 cm³/mol. The topological polar surface area (TPSA) is 40.7 Å². The lowest BCUT2D eigenvalue weighted by molar-refractivity contribution is 0.756. The third kappa shape index (κ3) is 1.08.